The van der Waals surface area contributed by atoms with Gasteiger partial charge < -0.3 is 15.6 Å². The third-order valence-corrected chi connectivity index (χ3v) is 5.49. The van der Waals surface area contributed by atoms with Gasteiger partial charge in [-0.05, 0) is 18.9 Å². The second-order valence-electron chi connectivity index (χ2n) is 6.18. The lowest BCUT2D eigenvalue weighted by atomic mass is 9.99. The molecule has 0 bridgehead atoms. The number of carbonyl (C=O) groups excluding carboxylic acids is 1. The van der Waals surface area contributed by atoms with Crippen molar-refractivity contribution in [1.82, 2.24) is 20.1 Å². The number of fused-ring (bicyclic) bond motifs is 3. The fourth-order valence-electron chi connectivity index (χ4n) is 3.63. The van der Waals surface area contributed by atoms with Crippen molar-refractivity contribution in [3.8, 4) is 11.1 Å². The number of nitrogens with one attached hydrogen (secondary N) is 2. The summed E-state index contributed by atoms with van der Waals surface area (Å²) in [5.41, 5.74) is 9.63. The van der Waals surface area contributed by atoms with Gasteiger partial charge >= 0.3 is 0 Å². The molecule has 3 aromatic rings. The van der Waals surface area contributed by atoms with E-state index in [0.717, 1.165) is 34.9 Å². The quantitative estimate of drug-likeness (QED) is 0.655. The van der Waals surface area contributed by atoms with Crippen LogP contribution in [0.5, 0.6) is 0 Å². The summed E-state index contributed by atoms with van der Waals surface area (Å²) in [5, 5.41) is 12.0. The Labute approximate surface area is 154 Å². The lowest BCUT2D eigenvalue weighted by Gasteiger charge is -2.27. The van der Waals surface area contributed by atoms with Crippen LogP contribution in [0.3, 0.4) is 0 Å². The molecule has 4 rings (SSSR count). The van der Waals surface area contributed by atoms with Crippen LogP contribution in [-0.2, 0) is 17.8 Å². The zero-order valence-electron chi connectivity index (χ0n) is 13.4. The first kappa shape index (κ1) is 16.4. The van der Waals surface area contributed by atoms with Crippen LogP contribution < -0.4 is 11.1 Å². The molecular weight excluding hydrogens is 361 g/mol. The molecule has 1 atom stereocenters. The third-order valence-electron chi connectivity index (χ3n) is 4.69. The fourth-order valence-corrected chi connectivity index (χ4v) is 4.05. The van der Waals surface area contributed by atoms with Crippen LogP contribution in [0.15, 0.2) is 24.5 Å². The first-order valence-electron chi connectivity index (χ1n) is 8.07. The summed E-state index contributed by atoms with van der Waals surface area (Å²) >= 11 is 12.8. The van der Waals surface area contributed by atoms with Crippen LogP contribution in [0.2, 0.25) is 10.0 Å². The normalized spacial score (nSPS) is 16.8. The summed E-state index contributed by atoms with van der Waals surface area (Å²) < 4.78 is 2.16. The van der Waals surface area contributed by atoms with E-state index in [-0.39, 0.29) is 18.5 Å². The van der Waals surface area contributed by atoms with Crippen molar-refractivity contribution < 1.29 is 4.79 Å². The van der Waals surface area contributed by atoms with Crippen LogP contribution in [0.1, 0.15) is 12.1 Å². The molecule has 1 unspecified atom stereocenters. The van der Waals surface area contributed by atoms with Gasteiger partial charge in [0.2, 0.25) is 5.91 Å². The van der Waals surface area contributed by atoms with Crippen molar-refractivity contribution in [2.75, 3.05) is 6.54 Å². The highest BCUT2D eigenvalue weighted by molar-refractivity contribution is 6.45. The van der Waals surface area contributed by atoms with Gasteiger partial charge in [0, 0.05) is 41.0 Å². The molecule has 1 amide bonds. The van der Waals surface area contributed by atoms with E-state index in [4.69, 9.17) is 28.9 Å². The van der Waals surface area contributed by atoms with Gasteiger partial charge in [-0.2, -0.15) is 5.10 Å². The molecular formula is C17H17Cl2N5O. The molecule has 2 aromatic heterocycles. The number of rotatable bonds is 3. The average Bonchev–Trinajstić information content (AvgIpc) is 3.23. The number of benzene rings is 1. The highest BCUT2D eigenvalue weighted by atomic mass is 35.5. The minimum atomic E-state index is -0.149. The molecule has 1 aliphatic rings. The SMILES string of the molecule is NCC(=O)NC1CCc2c(-c3cn[nH]c3)c3ccc(Cl)c(Cl)c3n2C1. The zero-order valence-corrected chi connectivity index (χ0v) is 14.9. The molecule has 0 spiro atoms. The molecule has 0 aliphatic carbocycles. The minimum Gasteiger partial charge on any atom is -0.350 e. The van der Waals surface area contributed by atoms with E-state index in [0.29, 0.717) is 16.6 Å². The Morgan fingerprint density at radius 3 is 3.00 bits per heavy atom. The number of hydrogen-bond acceptors (Lipinski definition) is 3. The zero-order chi connectivity index (χ0) is 17.6. The van der Waals surface area contributed by atoms with Crippen molar-refractivity contribution in [2.24, 2.45) is 5.73 Å². The van der Waals surface area contributed by atoms with Crippen LogP contribution in [0.4, 0.5) is 0 Å². The maximum absolute atomic E-state index is 11.7. The van der Waals surface area contributed by atoms with Crippen LogP contribution >= 0.6 is 23.2 Å². The molecule has 8 heteroatoms. The van der Waals surface area contributed by atoms with Crippen LogP contribution in [0.25, 0.3) is 22.0 Å². The summed E-state index contributed by atoms with van der Waals surface area (Å²) in [5.74, 6) is -0.149. The highest BCUT2D eigenvalue weighted by Crippen LogP contribution is 2.42. The van der Waals surface area contributed by atoms with Gasteiger partial charge in [-0.25, -0.2) is 0 Å². The first-order valence-corrected chi connectivity index (χ1v) is 8.83. The fraction of sp³-hybridized carbons (Fsp3) is 0.294. The predicted molar refractivity (Wildman–Crippen MR) is 98.8 cm³/mol. The van der Waals surface area contributed by atoms with Gasteiger partial charge in [-0.1, -0.05) is 29.3 Å². The van der Waals surface area contributed by atoms with E-state index in [2.05, 4.69) is 20.1 Å². The summed E-state index contributed by atoms with van der Waals surface area (Å²) in [7, 11) is 0. The van der Waals surface area contributed by atoms with Gasteiger partial charge in [0.1, 0.15) is 0 Å². The van der Waals surface area contributed by atoms with Crippen molar-refractivity contribution in [3.05, 3.63) is 40.3 Å². The summed E-state index contributed by atoms with van der Waals surface area (Å²) in [6.07, 6.45) is 5.34. The Bertz CT molecular complexity index is 948. The molecule has 0 radical (unpaired) electrons. The maximum Gasteiger partial charge on any atom is 0.234 e. The number of hydrogen-bond donors (Lipinski definition) is 3. The predicted octanol–water partition coefficient (Wildman–Crippen LogP) is 2.73. The molecule has 3 heterocycles. The van der Waals surface area contributed by atoms with Gasteiger partial charge in [0.15, 0.2) is 0 Å². The number of amides is 1. The highest BCUT2D eigenvalue weighted by Gasteiger charge is 2.28. The van der Waals surface area contributed by atoms with E-state index in [1.165, 1.54) is 5.69 Å². The molecule has 6 nitrogen and oxygen atoms in total. The molecule has 130 valence electrons. The van der Waals surface area contributed by atoms with Gasteiger partial charge in [-0.3, -0.25) is 9.89 Å². The number of aromatic nitrogens is 3. The molecule has 0 saturated heterocycles. The second-order valence-corrected chi connectivity index (χ2v) is 6.97. The number of carbonyl (C=O) groups is 1. The molecule has 4 N–H and O–H groups in total. The maximum atomic E-state index is 11.7. The topological polar surface area (TPSA) is 88.7 Å². The minimum absolute atomic E-state index is 0.0113. The summed E-state index contributed by atoms with van der Waals surface area (Å²) in [6, 6.07) is 3.83. The molecule has 0 fully saturated rings. The van der Waals surface area contributed by atoms with E-state index in [1.54, 1.807) is 6.20 Å². The number of halogens is 2. The average molecular weight is 378 g/mol. The van der Waals surface area contributed by atoms with Gasteiger partial charge in [0.05, 0.1) is 28.3 Å². The number of H-pyrrole nitrogens is 1. The van der Waals surface area contributed by atoms with E-state index in [1.807, 2.05) is 18.3 Å². The lowest BCUT2D eigenvalue weighted by molar-refractivity contribution is -0.120. The number of nitrogens with zero attached hydrogens (tertiary/aromatic N) is 2. The Hall–Kier alpha value is -2.02. The van der Waals surface area contributed by atoms with Crippen molar-refractivity contribution in [3.63, 3.8) is 0 Å². The van der Waals surface area contributed by atoms with E-state index < -0.39 is 0 Å². The van der Waals surface area contributed by atoms with Crippen molar-refractivity contribution in [1.29, 1.82) is 0 Å². The van der Waals surface area contributed by atoms with Crippen molar-refractivity contribution in [2.45, 2.75) is 25.4 Å². The van der Waals surface area contributed by atoms with E-state index >= 15 is 0 Å². The number of aromatic amines is 1. The monoisotopic (exact) mass is 377 g/mol. The van der Waals surface area contributed by atoms with E-state index in [9.17, 15) is 4.79 Å². The molecule has 25 heavy (non-hydrogen) atoms. The Balaban J connectivity index is 1.89. The summed E-state index contributed by atoms with van der Waals surface area (Å²) in [4.78, 5) is 11.7. The largest absolute Gasteiger partial charge is 0.350 e. The third kappa shape index (κ3) is 2.70. The van der Waals surface area contributed by atoms with Crippen LogP contribution in [-0.4, -0.2) is 33.3 Å². The lowest BCUT2D eigenvalue weighted by Crippen LogP contribution is -2.43. The molecule has 1 aromatic carbocycles. The Morgan fingerprint density at radius 2 is 2.28 bits per heavy atom. The summed E-state index contributed by atoms with van der Waals surface area (Å²) in [6.45, 7) is 0.623. The smallest absolute Gasteiger partial charge is 0.234 e. The van der Waals surface area contributed by atoms with Crippen LogP contribution in [0, 0.1) is 0 Å². The second kappa shape index (κ2) is 6.37. The van der Waals surface area contributed by atoms with Gasteiger partial charge in [-0.15, -0.1) is 0 Å². The Kier molecular flexibility index (Phi) is 4.19. The Morgan fingerprint density at radius 1 is 1.44 bits per heavy atom. The van der Waals surface area contributed by atoms with Gasteiger partial charge in [0.25, 0.3) is 0 Å². The standard InChI is InChI=1S/C17H17Cl2N5O/c18-12-3-2-11-15(9-6-21-22-7-9)13-4-1-10(23-14(25)5-20)8-24(13)17(11)16(12)19/h2-3,6-7,10H,1,4-5,8,20H2,(H,21,22)(H,23,25). The first-order chi connectivity index (χ1) is 12.1. The van der Waals surface area contributed by atoms with Crippen molar-refractivity contribution >= 4 is 40.0 Å². The molecule has 1 aliphatic heterocycles. The molecule has 0 saturated carbocycles. The number of nitrogens with two attached hydrogens (primary N) is 1.